The number of amides is 1. The number of nitriles is 1. The summed E-state index contributed by atoms with van der Waals surface area (Å²) >= 11 is 0. The zero-order valence-electron chi connectivity index (χ0n) is 11.7. The van der Waals surface area contributed by atoms with Crippen LogP contribution < -0.4 is 10.1 Å². The summed E-state index contributed by atoms with van der Waals surface area (Å²) in [7, 11) is 1.60. The molecule has 1 amide bonds. The van der Waals surface area contributed by atoms with Crippen LogP contribution in [-0.4, -0.2) is 13.0 Å². The Morgan fingerprint density at radius 2 is 1.86 bits per heavy atom. The van der Waals surface area contributed by atoms with E-state index in [0.29, 0.717) is 12.1 Å². The number of nitrogens with zero attached hydrogens (tertiary/aromatic N) is 1. The summed E-state index contributed by atoms with van der Waals surface area (Å²) in [5, 5.41) is 12.0. The summed E-state index contributed by atoms with van der Waals surface area (Å²) in [6.07, 6.45) is 0.374. The highest BCUT2D eigenvalue weighted by Crippen LogP contribution is 2.16. The summed E-state index contributed by atoms with van der Waals surface area (Å²) in [5.41, 5.74) is 1.61. The number of nitrogens with one attached hydrogen (secondary N) is 1. The minimum Gasteiger partial charge on any atom is -0.497 e. The van der Waals surface area contributed by atoms with E-state index in [-0.39, 0.29) is 5.91 Å². The molecule has 4 heteroatoms. The maximum absolute atomic E-state index is 12.1. The third-order valence-corrected chi connectivity index (χ3v) is 3.11. The molecule has 0 spiro atoms. The van der Waals surface area contributed by atoms with Gasteiger partial charge in [-0.2, -0.15) is 5.26 Å². The van der Waals surface area contributed by atoms with E-state index in [0.717, 1.165) is 11.3 Å². The van der Waals surface area contributed by atoms with Gasteiger partial charge in [-0.25, -0.2) is 0 Å². The van der Waals surface area contributed by atoms with Crippen molar-refractivity contribution in [1.82, 2.24) is 0 Å². The highest BCUT2D eigenvalue weighted by molar-refractivity contribution is 5.94. The average Bonchev–Trinajstić information content (AvgIpc) is 2.54. The van der Waals surface area contributed by atoms with E-state index in [2.05, 4.69) is 11.4 Å². The Labute approximate surface area is 124 Å². The van der Waals surface area contributed by atoms with Crippen molar-refractivity contribution in [1.29, 1.82) is 5.26 Å². The fourth-order valence-corrected chi connectivity index (χ4v) is 1.95. The number of rotatable bonds is 5. The van der Waals surface area contributed by atoms with Crippen LogP contribution in [0.4, 0.5) is 5.69 Å². The molecule has 0 radical (unpaired) electrons. The minimum atomic E-state index is -0.724. The van der Waals surface area contributed by atoms with Crippen molar-refractivity contribution in [2.45, 2.75) is 6.42 Å². The molecule has 0 saturated heterocycles. The lowest BCUT2D eigenvalue weighted by Crippen LogP contribution is -2.23. The zero-order chi connectivity index (χ0) is 15.1. The van der Waals surface area contributed by atoms with Gasteiger partial charge in [0, 0.05) is 5.69 Å². The second-order valence-electron chi connectivity index (χ2n) is 4.59. The molecule has 0 bridgehead atoms. The molecule has 0 aromatic heterocycles. The molecule has 0 saturated carbocycles. The van der Waals surface area contributed by atoms with Gasteiger partial charge in [0.1, 0.15) is 11.7 Å². The van der Waals surface area contributed by atoms with Crippen molar-refractivity contribution >= 4 is 11.6 Å². The van der Waals surface area contributed by atoms with Gasteiger partial charge in [0.25, 0.3) is 0 Å². The number of anilines is 1. The standard InChI is InChI=1S/C17H16N2O2/c1-21-16-9-7-13(8-10-16)11-14(12-18)17(20)19-15-5-3-2-4-6-15/h2-10,14H,11H2,1H3,(H,19,20)/t14-/m0/s1. The van der Waals surface area contributed by atoms with Crippen LogP contribution in [0.2, 0.25) is 0 Å². The molecule has 4 nitrogen and oxygen atoms in total. The number of methoxy groups -OCH3 is 1. The lowest BCUT2D eigenvalue weighted by Gasteiger charge is -2.10. The van der Waals surface area contributed by atoms with Gasteiger partial charge in [-0.1, -0.05) is 30.3 Å². The predicted octanol–water partition coefficient (Wildman–Crippen LogP) is 3.02. The molecule has 2 aromatic carbocycles. The van der Waals surface area contributed by atoms with Crippen molar-refractivity contribution in [2.75, 3.05) is 12.4 Å². The van der Waals surface area contributed by atoms with Gasteiger partial charge in [-0.05, 0) is 36.2 Å². The number of para-hydroxylation sites is 1. The van der Waals surface area contributed by atoms with E-state index in [9.17, 15) is 10.1 Å². The summed E-state index contributed by atoms with van der Waals surface area (Å²) in [4.78, 5) is 12.1. The Morgan fingerprint density at radius 3 is 2.43 bits per heavy atom. The number of ether oxygens (including phenoxy) is 1. The van der Waals surface area contributed by atoms with Gasteiger partial charge in [0.05, 0.1) is 13.2 Å². The third kappa shape index (κ3) is 4.08. The Morgan fingerprint density at radius 1 is 1.19 bits per heavy atom. The number of hydrogen-bond acceptors (Lipinski definition) is 3. The Bertz CT molecular complexity index is 630. The molecule has 2 rings (SSSR count). The molecule has 0 aliphatic heterocycles. The zero-order valence-corrected chi connectivity index (χ0v) is 11.7. The average molecular weight is 280 g/mol. The maximum atomic E-state index is 12.1. The highest BCUT2D eigenvalue weighted by atomic mass is 16.5. The number of benzene rings is 2. The SMILES string of the molecule is COc1ccc(C[C@@H](C#N)C(=O)Nc2ccccc2)cc1. The summed E-state index contributed by atoms with van der Waals surface area (Å²) in [6.45, 7) is 0. The topological polar surface area (TPSA) is 62.1 Å². The molecular weight excluding hydrogens is 264 g/mol. The van der Waals surface area contributed by atoms with Crippen LogP contribution in [0.15, 0.2) is 54.6 Å². The van der Waals surface area contributed by atoms with Crippen LogP contribution in [0.1, 0.15) is 5.56 Å². The minimum absolute atomic E-state index is 0.292. The van der Waals surface area contributed by atoms with Crippen LogP contribution in [0.25, 0.3) is 0 Å². The van der Waals surface area contributed by atoms with E-state index in [4.69, 9.17) is 4.74 Å². The van der Waals surface area contributed by atoms with E-state index < -0.39 is 5.92 Å². The van der Waals surface area contributed by atoms with Crippen molar-refractivity contribution in [2.24, 2.45) is 5.92 Å². The first-order valence-electron chi connectivity index (χ1n) is 6.61. The smallest absolute Gasteiger partial charge is 0.242 e. The number of hydrogen-bond donors (Lipinski definition) is 1. The van der Waals surface area contributed by atoms with E-state index >= 15 is 0 Å². The normalized spacial score (nSPS) is 11.2. The fourth-order valence-electron chi connectivity index (χ4n) is 1.95. The summed E-state index contributed by atoms with van der Waals surface area (Å²) in [6, 6.07) is 18.5. The van der Waals surface area contributed by atoms with Crippen LogP contribution in [0, 0.1) is 17.2 Å². The predicted molar refractivity (Wildman–Crippen MR) is 80.9 cm³/mol. The molecular formula is C17H16N2O2. The third-order valence-electron chi connectivity index (χ3n) is 3.11. The molecule has 0 aliphatic carbocycles. The molecule has 21 heavy (non-hydrogen) atoms. The molecule has 1 N–H and O–H groups in total. The maximum Gasteiger partial charge on any atom is 0.242 e. The second-order valence-corrected chi connectivity index (χ2v) is 4.59. The van der Waals surface area contributed by atoms with E-state index in [1.165, 1.54) is 0 Å². The molecule has 0 aliphatic rings. The van der Waals surface area contributed by atoms with Gasteiger partial charge in [-0.15, -0.1) is 0 Å². The molecule has 2 aromatic rings. The van der Waals surface area contributed by atoms with E-state index in [1.807, 2.05) is 42.5 Å². The van der Waals surface area contributed by atoms with Gasteiger partial charge in [0.2, 0.25) is 5.91 Å². The van der Waals surface area contributed by atoms with Crippen LogP contribution in [0.3, 0.4) is 0 Å². The quantitative estimate of drug-likeness (QED) is 0.915. The summed E-state index contributed by atoms with van der Waals surface area (Å²) < 4.78 is 5.08. The van der Waals surface area contributed by atoms with Crippen molar-refractivity contribution < 1.29 is 9.53 Å². The molecule has 0 fully saturated rings. The van der Waals surface area contributed by atoms with Gasteiger partial charge < -0.3 is 10.1 Å². The molecule has 0 heterocycles. The molecule has 106 valence electrons. The molecule has 1 atom stereocenters. The first kappa shape index (κ1) is 14.6. The summed E-state index contributed by atoms with van der Waals surface area (Å²) in [5.74, 6) is -0.265. The largest absolute Gasteiger partial charge is 0.497 e. The van der Waals surface area contributed by atoms with Gasteiger partial charge in [-0.3, -0.25) is 4.79 Å². The van der Waals surface area contributed by atoms with Crippen LogP contribution in [-0.2, 0) is 11.2 Å². The van der Waals surface area contributed by atoms with Crippen molar-refractivity contribution in [3.8, 4) is 11.8 Å². The van der Waals surface area contributed by atoms with Gasteiger partial charge >= 0.3 is 0 Å². The van der Waals surface area contributed by atoms with Crippen molar-refractivity contribution in [3.63, 3.8) is 0 Å². The van der Waals surface area contributed by atoms with E-state index in [1.54, 1.807) is 19.2 Å². The Balaban J connectivity index is 2.02. The fraction of sp³-hybridized carbons (Fsp3) is 0.176. The molecule has 0 unspecified atom stereocenters. The number of carbonyl (C=O) groups is 1. The van der Waals surface area contributed by atoms with Gasteiger partial charge in [0.15, 0.2) is 0 Å². The Kier molecular flexibility index (Phi) is 4.94. The monoisotopic (exact) mass is 280 g/mol. The Hall–Kier alpha value is -2.80. The van der Waals surface area contributed by atoms with Crippen molar-refractivity contribution in [3.05, 3.63) is 60.2 Å². The number of carbonyl (C=O) groups excluding carboxylic acids is 1. The second kappa shape index (κ2) is 7.11. The van der Waals surface area contributed by atoms with Crippen LogP contribution >= 0.6 is 0 Å². The lowest BCUT2D eigenvalue weighted by molar-refractivity contribution is -0.118. The first-order chi connectivity index (χ1) is 10.2. The first-order valence-corrected chi connectivity index (χ1v) is 6.61. The van der Waals surface area contributed by atoms with Crippen LogP contribution in [0.5, 0.6) is 5.75 Å². The lowest BCUT2D eigenvalue weighted by atomic mass is 9.99. The highest BCUT2D eigenvalue weighted by Gasteiger charge is 2.18.